The van der Waals surface area contributed by atoms with Gasteiger partial charge in [0.05, 0.1) is 11.4 Å². The second-order valence-corrected chi connectivity index (χ2v) is 12.3. The zero-order chi connectivity index (χ0) is 25.8. The van der Waals surface area contributed by atoms with Gasteiger partial charge in [0.15, 0.2) is 11.5 Å². The molecule has 6 aromatic rings. The number of anilines is 3. The number of rotatable bonds is 1. The lowest BCUT2D eigenvalue weighted by Gasteiger charge is -2.33. The molecule has 3 heteroatoms. The third-order valence-electron chi connectivity index (χ3n) is 8.35. The Labute approximate surface area is 226 Å². The molecule has 0 unspecified atom stereocenters. The first kappa shape index (κ1) is 22.0. The van der Waals surface area contributed by atoms with Crippen LogP contribution in [0.4, 0.5) is 17.1 Å². The highest BCUT2D eigenvalue weighted by Gasteiger charge is 2.36. The summed E-state index contributed by atoms with van der Waals surface area (Å²) in [6, 6.07) is 33.6. The van der Waals surface area contributed by atoms with Crippen molar-refractivity contribution in [2.45, 2.75) is 33.1 Å². The van der Waals surface area contributed by atoms with E-state index in [0.717, 1.165) is 28.6 Å². The van der Waals surface area contributed by atoms with Crippen LogP contribution in [0.1, 0.15) is 36.1 Å². The smallest absolute Gasteiger partial charge is 0.151 e. The summed E-state index contributed by atoms with van der Waals surface area (Å²) >= 11 is 1.89. The summed E-state index contributed by atoms with van der Waals surface area (Å²) in [6.45, 7) is 8.94. The fourth-order valence-corrected chi connectivity index (χ4v) is 7.51. The number of benzene rings is 5. The van der Waals surface area contributed by atoms with E-state index in [1.165, 1.54) is 53.6 Å². The van der Waals surface area contributed by atoms with Crippen LogP contribution in [0.25, 0.3) is 31.3 Å². The molecule has 2 aliphatic rings. The van der Waals surface area contributed by atoms with Crippen LogP contribution in [0.5, 0.6) is 11.5 Å². The number of thiophene rings is 1. The van der Waals surface area contributed by atoms with Crippen LogP contribution in [0.15, 0.2) is 91.0 Å². The molecule has 0 radical (unpaired) electrons. The van der Waals surface area contributed by atoms with Crippen LogP contribution >= 0.6 is 11.3 Å². The van der Waals surface area contributed by atoms with Gasteiger partial charge in [0.2, 0.25) is 0 Å². The van der Waals surface area contributed by atoms with Gasteiger partial charge in [-0.05, 0) is 102 Å². The summed E-state index contributed by atoms with van der Waals surface area (Å²) < 4.78 is 9.06. The minimum Gasteiger partial charge on any atom is -0.453 e. The lowest BCUT2D eigenvalue weighted by atomic mass is 9.82. The van der Waals surface area contributed by atoms with Gasteiger partial charge in [0.1, 0.15) is 0 Å². The molecule has 1 aliphatic carbocycles. The summed E-state index contributed by atoms with van der Waals surface area (Å²) in [5, 5.41) is 2.65. The Hall–Kier alpha value is -4.08. The molecule has 38 heavy (non-hydrogen) atoms. The van der Waals surface area contributed by atoms with Crippen molar-refractivity contribution in [3.8, 4) is 22.6 Å². The van der Waals surface area contributed by atoms with Crippen molar-refractivity contribution in [1.82, 2.24) is 0 Å². The van der Waals surface area contributed by atoms with Crippen LogP contribution in [-0.2, 0) is 5.41 Å². The van der Waals surface area contributed by atoms with E-state index >= 15 is 0 Å². The van der Waals surface area contributed by atoms with Crippen molar-refractivity contribution >= 4 is 48.6 Å². The molecule has 2 nitrogen and oxygen atoms in total. The highest BCUT2D eigenvalue weighted by Crippen LogP contribution is 2.54. The Morgan fingerprint density at radius 3 is 2.05 bits per heavy atom. The molecule has 1 aromatic heterocycles. The molecule has 0 atom stereocenters. The van der Waals surface area contributed by atoms with Crippen LogP contribution in [-0.4, -0.2) is 0 Å². The standard InChI is InChI=1S/C35H27NOS/c1-20-9-12-29-31(15-20)37-32-16-21(2)10-13-30(32)36(29)22-11-14-33-25(17-22)26-18-28-24(19-34(26)38-33)23-7-5-6-8-27(23)35(28,3)4/h5-19H,1-4H3. The van der Waals surface area contributed by atoms with E-state index in [1.807, 2.05) is 11.3 Å². The molecule has 2 heterocycles. The largest absolute Gasteiger partial charge is 0.453 e. The molecule has 1 aliphatic heterocycles. The maximum atomic E-state index is 6.40. The average Bonchev–Trinajstić information content (AvgIpc) is 3.37. The molecule has 5 aromatic carbocycles. The maximum absolute atomic E-state index is 6.40. The van der Waals surface area contributed by atoms with Crippen molar-refractivity contribution in [1.29, 1.82) is 0 Å². The first-order valence-corrected chi connectivity index (χ1v) is 14.0. The van der Waals surface area contributed by atoms with Crippen molar-refractivity contribution in [3.05, 3.63) is 113 Å². The molecule has 0 amide bonds. The quantitative estimate of drug-likeness (QED) is 0.218. The molecule has 0 N–H and O–H groups in total. The van der Waals surface area contributed by atoms with Gasteiger partial charge in [-0.3, -0.25) is 0 Å². The molecule has 0 saturated heterocycles. The van der Waals surface area contributed by atoms with Gasteiger partial charge in [-0.2, -0.15) is 0 Å². The number of fused-ring (bicyclic) bond motifs is 8. The van der Waals surface area contributed by atoms with Gasteiger partial charge in [0.25, 0.3) is 0 Å². The van der Waals surface area contributed by atoms with E-state index in [0.29, 0.717) is 0 Å². The van der Waals surface area contributed by atoms with Crippen molar-refractivity contribution in [3.63, 3.8) is 0 Å². The van der Waals surface area contributed by atoms with E-state index in [-0.39, 0.29) is 5.41 Å². The fourth-order valence-electron chi connectivity index (χ4n) is 6.40. The van der Waals surface area contributed by atoms with Crippen molar-refractivity contribution in [2.24, 2.45) is 0 Å². The Balaban J connectivity index is 1.36. The zero-order valence-corrected chi connectivity index (χ0v) is 22.7. The normalized spacial score (nSPS) is 14.7. The molecule has 8 rings (SSSR count). The number of ether oxygens (including phenoxy) is 1. The molecule has 0 fully saturated rings. The van der Waals surface area contributed by atoms with Crippen molar-refractivity contribution in [2.75, 3.05) is 4.90 Å². The number of nitrogens with zero attached hydrogens (tertiary/aromatic N) is 1. The van der Waals surface area contributed by atoms with Gasteiger partial charge in [0, 0.05) is 31.3 Å². The summed E-state index contributed by atoms with van der Waals surface area (Å²) in [5.41, 5.74) is 11.3. The molecule has 0 bridgehead atoms. The predicted octanol–water partition coefficient (Wildman–Crippen LogP) is 10.6. The second kappa shape index (κ2) is 7.49. The number of aryl methyl sites for hydroxylation is 2. The minimum atomic E-state index is -0.0101. The molecule has 0 spiro atoms. The first-order valence-electron chi connectivity index (χ1n) is 13.2. The van der Waals surface area contributed by atoms with Crippen LogP contribution in [0.2, 0.25) is 0 Å². The zero-order valence-electron chi connectivity index (χ0n) is 21.9. The minimum absolute atomic E-state index is 0.0101. The molecular formula is C35H27NOS. The molecular weight excluding hydrogens is 482 g/mol. The van der Waals surface area contributed by atoms with Crippen LogP contribution in [0, 0.1) is 13.8 Å². The van der Waals surface area contributed by atoms with Crippen LogP contribution < -0.4 is 9.64 Å². The average molecular weight is 510 g/mol. The summed E-state index contributed by atoms with van der Waals surface area (Å²) in [4.78, 5) is 2.35. The summed E-state index contributed by atoms with van der Waals surface area (Å²) in [6.07, 6.45) is 0. The van der Waals surface area contributed by atoms with Gasteiger partial charge in [-0.25, -0.2) is 0 Å². The maximum Gasteiger partial charge on any atom is 0.151 e. The second-order valence-electron chi connectivity index (χ2n) is 11.2. The molecule has 184 valence electrons. The Bertz CT molecular complexity index is 1910. The SMILES string of the molecule is Cc1ccc2c(c1)Oc1cc(C)ccc1N2c1ccc2sc3cc4c(cc3c2c1)C(C)(C)c1ccccc1-4. The van der Waals surface area contributed by atoms with E-state index in [9.17, 15) is 0 Å². The first-order chi connectivity index (χ1) is 18.4. The Morgan fingerprint density at radius 2 is 1.32 bits per heavy atom. The highest BCUT2D eigenvalue weighted by atomic mass is 32.1. The third kappa shape index (κ3) is 2.94. The summed E-state index contributed by atoms with van der Waals surface area (Å²) in [5.74, 6) is 1.80. The van der Waals surface area contributed by atoms with E-state index in [1.54, 1.807) is 0 Å². The van der Waals surface area contributed by atoms with E-state index in [2.05, 4.69) is 124 Å². The Morgan fingerprint density at radius 1 is 0.632 bits per heavy atom. The van der Waals surface area contributed by atoms with Gasteiger partial charge in [-0.1, -0.05) is 50.2 Å². The van der Waals surface area contributed by atoms with Gasteiger partial charge >= 0.3 is 0 Å². The number of hydrogen-bond donors (Lipinski definition) is 0. The molecule has 0 saturated carbocycles. The lowest BCUT2D eigenvalue weighted by molar-refractivity contribution is 0.476. The Kier molecular flexibility index (Phi) is 4.33. The fraction of sp³-hybridized carbons (Fsp3) is 0.143. The van der Waals surface area contributed by atoms with E-state index < -0.39 is 0 Å². The number of hydrogen-bond acceptors (Lipinski definition) is 3. The van der Waals surface area contributed by atoms with Crippen molar-refractivity contribution < 1.29 is 4.74 Å². The van der Waals surface area contributed by atoms with Gasteiger partial charge < -0.3 is 9.64 Å². The summed E-state index contributed by atoms with van der Waals surface area (Å²) in [7, 11) is 0. The highest BCUT2D eigenvalue weighted by molar-refractivity contribution is 7.25. The van der Waals surface area contributed by atoms with E-state index in [4.69, 9.17) is 4.74 Å². The topological polar surface area (TPSA) is 12.5 Å². The third-order valence-corrected chi connectivity index (χ3v) is 9.48. The van der Waals surface area contributed by atoms with Crippen LogP contribution in [0.3, 0.4) is 0 Å². The lowest BCUT2D eigenvalue weighted by Crippen LogP contribution is -2.16. The van der Waals surface area contributed by atoms with Gasteiger partial charge in [-0.15, -0.1) is 11.3 Å². The predicted molar refractivity (Wildman–Crippen MR) is 161 cm³/mol. The monoisotopic (exact) mass is 509 g/mol.